The maximum atomic E-state index is 11.9. The molecule has 0 fully saturated rings. The third-order valence-corrected chi connectivity index (χ3v) is 4.41. The molecule has 1 aliphatic heterocycles. The number of allylic oxidation sites excluding steroid dienone is 1. The van der Waals surface area contributed by atoms with Gasteiger partial charge in [0.2, 0.25) is 5.91 Å². The predicted molar refractivity (Wildman–Crippen MR) is 84.5 cm³/mol. The third kappa shape index (κ3) is 3.75. The molecule has 0 spiro atoms. The molecule has 1 unspecified atom stereocenters. The molecule has 0 radical (unpaired) electrons. The Morgan fingerprint density at radius 1 is 1.40 bits per heavy atom. The second kappa shape index (κ2) is 7.32. The molecular weight excluding hydrogens is 375 g/mol. The Balaban J connectivity index is 2.77. The first-order valence-electron chi connectivity index (χ1n) is 5.86. The van der Waals surface area contributed by atoms with Crippen LogP contribution in [-0.4, -0.2) is 42.5 Å². The minimum absolute atomic E-state index is 0.0977. The Hall–Kier alpha value is -1.51. The fourth-order valence-electron chi connectivity index (χ4n) is 1.56. The topological polar surface area (TPSA) is 84.5 Å². The van der Waals surface area contributed by atoms with E-state index in [4.69, 9.17) is 0 Å². The lowest BCUT2D eigenvalue weighted by Crippen LogP contribution is -2.51. The molecule has 0 aromatic heterocycles. The number of ether oxygens (including phenoxy) is 1. The summed E-state index contributed by atoms with van der Waals surface area (Å²) in [6.07, 6.45) is 3.50. The maximum absolute atomic E-state index is 11.9. The van der Waals surface area contributed by atoms with E-state index in [0.29, 0.717) is 5.57 Å². The van der Waals surface area contributed by atoms with Crippen LogP contribution < -0.4 is 10.6 Å². The van der Waals surface area contributed by atoms with Gasteiger partial charge in [0, 0.05) is 19.2 Å². The molecule has 6 nitrogen and oxygen atoms in total. The summed E-state index contributed by atoms with van der Waals surface area (Å²) in [4.78, 5) is 35.5. The molecule has 20 heavy (non-hydrogen) atoms. The van der Waals surface area contributed by atoms with E-state index in [0.717, 1.165) is 0 Å². The lowest BCUT2D eigenvalue weighted by Gasteiger charge is -2.25. The summed E-state index contributed by atoms with van der Waals surface area (Å²) in [5.74, 6) is -1.52. The van der Waals surface area contributed by atoms with Crippen molar-refractivity contribution in [3.05, 3.63) is 21.8 Å². The molecule has 2 N–H and O–H groups in total. The molecule has 7 heteroatoms. The largest absolute Gasteiger partial charge is 0.468 e. The summed E-state index contributed by atoms with van der Waals surface area (Å²) in [5, 5.41) is 5.00. The monoisotopic (exact) mass is 392 g/mol. The zero-order chi connectivity index (χ0) is 15.2. The average Bonchev–Trinajstić information content (AvgIpc) is 2.51. The highest BCUT2D eigenvalue weighted by atomic mass is 127. The van der Waals surface area contributed by atoms with Crippen LogP contribution in [0.5, 0.6) is 0 Å². The number of esters is 1. The van der Waals surface area contributed by atoms with Gasteiger partial charge in [-0.15, -0.1) is 0 Å². The lowest BCUT2D eigenvalue weighted by molar-refractivity contribution is -0.157. The molecule has 1 atom stereocenters. The van der Waals surface area contributed by atoms with Gasteiger partial charge in [-0.25, -0.2) is 0 Å². The van der Waals surface area contributed by atoms with Crippen LogP contribution in [0.15, 0.2) is 21.8 Å². The first-order chi connectivity index (χ1) is 9.45. The molecular formula is C13H17IN2O4. The number of carbonyl (C=O) groups excluding carboxylic acids is 3. The zero-order valence-corrected chi connectivity index (χ0v) is 13.7. The van der Waals surface area contributed by atoms with Crippen LogP contribution >= 0.6 is 20.7 Å². The van der Waals surface area contributed by atoms with Crippen molar-refractivity contribution < 1.29 is 19.1 Å². The molecule has 0 aliphatic carbocycles. The molecule has 1 aliphatic rings. The highest BCUT2D eigenvalue weighted by molar-refractivity contribution is 14.2. The third-order valence-electron chi connectivity index (χ3n) is 2.86. The van der Waals surface area contributed by atoms with Crippen LogP contribution in [0, 0.1) is 5.41 Å². The molecule has 1 rings (SSSR count). The van der Waals surface area contributed by atoms with Crippen molar-refractivity contribution in [3.8, 4) is 0 Å². The molecule has 2 amide bonds. The molecule has 0 bridgehead atoms. The number of methoxy groups -OCH3 is 1. The number of carbonyl (C=O) groups is 3. The number of amides is 2. The minimum Gasteiger partial charge on any atom is -0.468 e. The molecule has 110 valence electrons. The Morgan fingerprint density at radius 2 is 2.10 bits per heavy atom. The van der Waals surface area contributed by atoms with Gasteiger partial charge in [0.1, 0.15) is 0 Å². The summed E-state index contributed by atoms with van der Waals surface area (Å²) in [6.45, 7) is 1.30. The van der Waals surface area contributed by atoms with E-state index in [1.807, 2.05) is 8.09 Å². The number of halogens is 1. The number of rotatable bonds is 5. The van der Waals surface area contributed by atoms with Crippen molar-refractivity contribution in [1.82, 2.24) is 10.6 Å². The second-order valence-corrected chi connectivity index (χ2v) is 6.41. The highest BCUT2D eigenvalue weighted by Gasteiger charge is 2.42. The highest BCUT2D eigenvalue weighted by Crippen LogP contribution is 2.18. The second-order valence-electron chi connectivity index (χ2n) is 4.25. The average molecular weight is 392 g/mol. The van der Waals surface area contributed by atoms with Crippen molar-refractivity contribution in [3.63, 3.8) is 0 Å². The van der Waals surface area contributed by atoms with Gasteiger partial charge in [-0.05, 0) is 27.2 Å². The van der Waals surface area contributed by atoms with Gasteiger partial charge in [-0.1, -0.05) is 20.7 Å². The Kier molecular flexibility index (Phi) is 6.05. The number of hydrogen-bond donors (Lipinski definition) is 2. The molecule has 1 heterocycles. The predicted octanol–water partition coefficient (Wildman–Crippen LogP) is 0.254. The molecule has 0 aromatic rings. The van der Waals surface area contributed by atoms with Crippen molar-refractivity contribution >= 4 is 42.5 Å². The van der Waals surface area contributed by atoms with Crippen LogP contribution in [0.3, 0.4) is 0 Å². The fourth-order valence-corrected chi connectivity index (χ4v) is 2.99. The van der Waals surface area contributed by atoms with Crippen LogP contribution in [-0.2, 0) is 19.1 Å². The van der Waals surface area contributed by atoms with E-state index in [1.165, 1.54) is 21.1 Å². The minimum atomic E-state index is -1.45. The first-order valence-corrected chi connectivity index (χ1v) is 8.35. The van der Waals surface area contributed by atoms with Crippen molar-refractivity contribution in [2.75, 3.05) is 20.7 Å². The Morgan fingerprint density at radius 3 is 2.60 bits per heavy atom. The van der Waals surface area contributed by atoms with Gasteiger partial charge in [0.25, 0.3) is 5.91 Å². The Labute approximate surface area is 127 Å². The summed E-state index contributed by atoms with van der Waals surface area (Å²) in [7, 11) is 2.63. The first kappa shape index (κ1) is 16.5. The van der Waals surface area contributed by atoms with E-state index in [2.05, 4.69) is 15.4 Å². The molecule has 0 saturated heterocycles. The van der Waals surface area contributed by atoms with E-state index < -0.39 is 17.3 Å². The van der Waals surface area contributed by atoms with Crippen LogP contribution in [0.2, 0.25) is 0 Å². The van der Waals surface area contributed by atoms with Crippen molar-refractivity contribution in [2.24, 2.45) is 5.41 Å². The van der Waals surface area contributed by atoms with E-state index in [9.17, 15) is 14.4 Å². The fraction of sp³-hybridized carbons (Fsp3) is 0.385. The quantitative estimate of drug-likeness (QED) is 0.399. The smallest absolute Gasteiger partial charge is 0.322 e. The Bertz CT molecular complexity index is 493. The van der Waals surface area contributed by atoms with E-state index in [1.54, 1.807) is 12.2 Å². The maximum Gasteiger partial charge on any atom is 0.322 e. The summed E-state index contributed by atoms with van der Waals surface area (Å²) in [5.41, 5.74) is -0.936. The van der Waals surface area contributed by atoms with Gasteiger partial charge in [-0.3, -0.25) is 14.4 Å². The molecule has 0 saturated carbocycles. The lowest BCUT2D eigenvalue weighted by atomic mass is 9.89. The summed E-state index contributed by atoms with van der Waals surface area (Å²) >= 11 is -0.0977. The van der Waals surface area contributed by atoms with Crippen molar-refractivity contribution in [1.29, 1.82) is 0 Å². The summed E-state index contributed by atoms with van der Waals surface area (Å²) in [6, 6.07) is 0. The number of hydrogen-bond acceptors (Lipinski definition) is 4. The van der Waals surface area contributed by atoms with Gasteiger partial charge in [0.15, 0.2) is 5.41 Å². The standard InChI is InChI=1S/C13H17IN2O4/c1-13(11(18)15-2,12(19)20-3)8-16-10(17)9-4-6-14-7-5-9/h4-7H,8H2,1-3H3,(H,15,18)(H,16,17). The van der Waals surface area contributed by atoms with E-state index in [-0.39, 0.29) is 33.2 Å². The van der Waals surface area contributed by atoms with E-state index >= 15 is 0 Å². The van der Waals surface area contributed by atoms with Crippen molar-refractivity contribution in [2.45, 2.75) is 6.92 Å². The zero-order valence-electron chi connectivity index (χ0n) is 11.5. The number of nitrogens with one attached hydrogen (secondary N) is 2. The van der Waals surface area contributed by atoms with Crippen LogP contribution in [0.1, 0.15) is 6.92 Å². The SMILES string of the molecule is CNC(=O)C(C)(CNC(=O)C1=CC=IC=C1)C(=O)OC. The molecule has 0 aromatic carbocycles. The van der Waals surface area contributed by atoms with Crippen LogP contribution in [0.25, 0.3) is 0 Å². The van der Waals surface area contributed by atoms with Gasteiger partial charge in [-0.2, -0.15) is 0 Å². The summed E-state index contributed by atoms with van der Waals surface area (Å²) < 4.78 is 8.56. The van der Waals surface area contributed by atoms with Gasteiger partial charge in [0.05, 0.1) is 7.11 Å². The van der Waals surface area contributed by atoms with Gasteiger partial charge >= 0.3 is 5.97 Å². The van der Waals surface area contributed by atoms with Gasteiger partial charge < -0.3 is 15.4 Å². The normalized spacial score (nSPS) is 16.2. The van der Waals surface area contributed by atoms with Crippen LogP contribution in [0.4, 0.5) is 0 Å².